The number of allylic oxidation sites excluding steroid dienone is 1. The molecule has 1 N–H and O–H groups in total. The smallest absolute Gasteiger partial charge is 0.258 e. The number of hydrogen-bond donors (Lipinski definition) is 1. The summed E-state index contributed by atoms with van der Waals surface area (Å²) in [6.45, 7) is 4.71. The molecule has 0 aliphatic carbocycles. The van der Waals surface area contributed by atoms with Crippen LogP contribution in [0.15, 0.2) is 71.0 Å². The van der Waals surface area contributed by atoms with Crippen molar-refractivity contribution < 1.29 is 4.79 Å². The number of amides is 1. The van der Waals surface area contributed by atoms with Gasteiger partial charge in [-0.15, -0.1) is 0 Å². The standard InChI is InChI=1S/C23H25N3O2/c1-3-26(16-21-24-20-12-8-7-11-19(20)23(28)25-21)22(27)15-17(2)13-14-18-9-5-4-6-10-18/h4-12,15H,3,13-14,16H2,1-2H3,(H,24,25,28)/b17-15-. The van der Waals surface area contributed by atoms with Gasteiger partial charge in [0.15, 0.2) is 0 Å². The highest BCUT2D eigenvalue weighted by Gasteiger charge is 2.13. The maximum atomic E-state index is 12.7. The number of aromatic amines is 1. The fraction of sp³-hybridized carbons (Fsp3) is 0.261. The van der Waals surface area contributed by atoms with Gasteiger partial charge in [0, 0.05) is 12.6 Å². The summed E-state index contributed by atoms with van der Waals surface area (Å²) in [7, 11) is 0. The van der Waals surface area contributed by atoms with Crippen molar-refractivity contribution >= 4 is 16.8 Å². The largest absolute Gasteiger partial charge is 0.332 e. The molecule has 1 aromatic heterocycles. The second kappa shape index (κ2) is 9.13. The summed E-state index contributed by atoms with van der Waals surface area (Å²) in [6.07, 6.45) is 3.42. The van der Waals surface area contributed by atoms with E-state index in [1.807, 2.05) is 44.2 Å². The van der Waals surface area contributed by atoms with E-state index in [0.29, 0.717) is 23.3 Å². The average molecular weight is 375 g/mol. The van der Waals surface area contributed by atoms with Crippen molar-refractivity contribution in [1.29, 1.82) is 0 Å². The van der Waals surface area contributed by atoms with Crippen molar-refractivity contribution in [3.05, 3.63) is 88.0 Å². The Balaban J connectivity index is 1.68. The summed E-state index contributed by atoms with van der Waals surface area (Å²) in [6, 6.07) is 17.4. The Kier molecular flexibility index (Phi) is 6.37. The maximum Gasteiger partial charge on any atom is 0.258 e. The van der Waals surface area contributed by atoms with Gasteiger partial charge in [0.2, 0.25) is 5.91 Å². The summed E-state index contributed by atoms with van der Waals surface area (Å²) in [5.74, 6) is 0.429. The molecule has 0 saturated carbocycles. The number of aryl methyl sites for hydroxylation is 1. The first-order valence-corrected chi connectivity index (χ1v) is 9.54. The highest BCUT2D eigenvalue weighted by molar-refractivity contribution is 5.88. The Morgan fingerprint density at radius 3 is 2.57 bits per heavy atom. The molecule has 0 atom stereocenters. The SMILES string of the molecule is CCN(Cc1nc2ccccc2c(=O)[nH]1)C(=O)/C=C(/C)CCc1ccccc1. The molecule has 0 bridgehead atoms. The monoisotopic (exact) mass is 375 g/mol. The fourth-order valence-corrected chi connectivity index (χ4v) is 3.10. The van der Waals surface area contributed by atoms with Crippen molar-refractivity contribution in [2.45, 2.75) is 33.2 Å². The number of para-hydroxylation sites is 1. The Labute approximate surface area is 164 Å². The minimum absolute atomic E-state index is 0.0659. The first-order valence-electron chi connectivity index (χ1n) is 9.54. The Morgan fingerprint density at radius 2 is 1.82 bits per heavy atom. The second-order valence-electron chi connectivity index (χ2n) is 6.86. The third-order valence-electron chi connectivity index (χ3n) is 4.72. The Bertz CT molecular complexity index is 1040. The summed E-state index contributed by atoms with van der Waals surface area (Å²) < 4.78 is 0. The number of hydrogen-bond acceptors (Lipinski definition) is 3. The number of nitrogens with one attached hydrogen (secondary N) is 1. The fourth-order valence-electron chi connectivity index (χ4n) is 3.10. The zero-order valence-electron chi connectivity index (χ0n) is 16.3. The molecule has 0 spiro atoms. The molecule has 3 aromatic rings. The molecule has 0 saturated heterocycles. The molecule has 5 heteroatoms. The van der Waals surface area contributed by atoms with E-state index in [2.05, 4.69) is 22.1 Å². The van der Waals surface area contributed by atoms with Crippen LogP contribution in [0, 0.1) is 0 Å². The summed E-state index contributed by atoms with van der Waals surface area (Å²) in [5.41, 5.74) is 2.75. The van der Waals surface area contributed by atoms with Crippen molar-refractivity contribution in [1.82, 2.24) is 14.9 Å². The molecule has 0 unspecified atom stereocenters. The van der Waals surface area contributed by atoms with Crippen LogP contribution in [0.4, 0.5) is 0 Å². The van der Waals surface area contributed by atoms with E-state index in [1.54, 1.807) is 23.1 Å². The molecular weight excluding hydrogens is 350 g/mol. The van der Waals surface area contributed by atoms with Crippen LogP contribution >= 0.6 is 0 Å². The van der Waals surface area contributed by atoms with Crippen molar-refractivity contribution in [3.63, 3.8) is 0 Å². The molecule has 3 rings (SSSR count). The molecule has 0 aliphatic heterocycles. The lowest BCUT2D eigenvalue weighted by Crippen LogP contribution is -2.30. The van der Waals surface area contributed by atoms with Crippen LogP contribution in [-0.2, 0) is 17.8 Å². The minimum Gasteiger partial charge on any atom is -0.332 e. The molecule has 1 heterocycles. The zero-order valence-corrected chi connectivity index (χ0v) is 16.3. The molecular formula is C23H25N3O2. The van der Waals surface area contributed by atoms with Gasteiger partial charge in [0.05, 0.1) is 17.4 Å². The molecule has 144 valence electrons. The summed E-state index contributed by atoms with van der Waals surface area (Å²) >= 11 is 0. The van der Waals surface area contributed by atoms with E-state index in [-0.39, 0.29) is 18.0 Å². The van der Waals surface area contributed by atoms with Crippen LogP contribution in [0.1, 0.15) is 31.7 Å². The number of rotatable bonds is 7. The van der Waals surface area contributed by atoms with Crippen LogP contribution < -0.4 is 5.56 Å². The van der Waals surface area contributed by atoms with Gasteiger partial charge in [-0.25, -0.2) is 4.98 Å². The van der Waals surface area contributed by atoms with Crippen molar-refractivity contribution in [2.75, 3.05) is 6.54 Å². The third kappa shape index (κ3) is 4.94. The first kappa shape index (κ1) is 19.5. The normalized spacial score (nSPS) is 11.6. The lowest BCUT2D eigenvalue weighted by Gasteiger charge is -2.19. The minimum atomic E-state index is -0.182. The van der Waals surface area contributed by atoms with Gasteiger partial charge in [0.25, 0.3) is 5.56 Å². The highest BCUT2D eigenvalue weighted by atomic mass is 16.2. The number of fused-ring (bicyclic) bond motifs is 1. The van der Waals surface area contributed by atoms with Gasteiger partial charge in [-0.1, -0.05) is 48.0 Å². The van der Waals surface area contributed by atoms with Gasteiger partial charge in [-0.3, -0.25) is 9.59 Å². The number of aromatic nitrogens is 2. The van der Waals surface area contributed by atoms with Crippen molar-refractivity contribution in [2.24, 2.45) is 0 Å². The predicted octanol–water partition coefficient (Wildman–Crippen LogP) is 3.85. The number of likely N-dealkylation sites (N-methyl/N-ethyl adjacent to an activating group) is 1. The first-order chi connectivity index (χ1) is 13.6. The molecule has 5 nitrogen and oxygen atoms in total. The molecule has 0 fully saturated rings. The quantitative estimate of drug-likeness (QED) is 0.638. The van der Waals surface area contributed by atoms with Crippen LogP contribution in [0.3, 0.4) is 0 Å². The number of H-pyrrole nitrogens is 1. The maximum absolute atomic E-state index is 12.7. The Hall–Kier alpha value is -3.21. The summed E-state index contributed by atoms with van der Waals surface area (Å²) in [5, 5.41) is 0.553. The number of carbonyl (C=O) groups excluding carboxylic acids is 1. The third-order valence-corrected chi connectivity index (χ3v) is 4.72. The van der Waals surface area contributed by atoms with E-state index in [9.17, 15) is 9.59 Å². The van der Waals surface area contributed by atoms with Crippen LogP contribution in [0.5, 0.6) is 0 Å². The van der Waals surface area contributed by atoms with E-state index in [1.165, 1.54) is 5.56 Å². The molecule has 0 radical (unpaired) electrons. The topological polar surface area (TPSA) is 66.1 Å². The predicted molar refractivity (Wildman–Crippen MR) is 112 cm³/mol. The van der Waals surface area contributed by atoms with Crippen molar-refractivity contribution in [3.8, 4) is 0 Å². The van der Waals surface area contributed by atoms with E-state index >= 15 is 0 Å². The van der Waals surface area contributed by atoms with E-state index in [0.717, 1.165) is 18.4 Å². The van der Waals surface area contributed by atoms with E-state index < -0.39 is 0 Å². The van der Waals surface area contributed by atoms with Crippen LogP contribution in [0.25, 0.3) is 10.9 Å². The summed E-state index contributed by atoms with van der Waals surface area (Å²) in [4.78, 5) is 33.9. The van der Waals surface area contributed by atoms with Crippen LogP contribution in [0.2, 0.25) is 0 Å². The molecule has 28 heavy (non-hydrogen) atoms. The van der Waals surface area contributed by atoms with Gasteiger partial charge in [-0.2, -0.15) is 0 Å². The van der Waals surface area contributed by atoms with Crippen LogP contribution in [-0.4, -0.2) is 27.3 Å². The van der Waals surface area contributed by atoms with E-state index in [4.69, 9.17) is 0 Å². The number of carbonyl (C=O) groups is 1. The highest BCUT2D eigenvalue weighted by Crippen LogP contribution is 2.11. The van der Waals surface area contributed by atoms with Gasteiger partial charge in [-0.05, 0) is 44.4 Å². The second-order valence-corrected chi connectivity index (χ2v) is 6.86. The molecule has 0 aliphatic rings. The molecule has 1 amide bonds. The van der Waals surface area contributed by atoms with Gasteiger partial charge < -0.3 is 9.88 Å². The number of nitrogens with zero attached hydrogens (tertiary/aromatic N) is 2. The number of benzene rings is 2. The lowest BCUT2D eigenvalue weighted by molar-refractivity contribution is -0.126. The average Bonchev–Trinajstić information content (AvgIpc) is 2.71. The van der Waals surface area contributed by atoms with Gasteiger partial charge >= 0.3 is 0 Å². The zero-order chi connectivity index (χ0) is 19.9. The molecule has 2 aromatic carbocycles. The van der Waals surface area contributed by atoms with Gasteiger partial charge in [0.1, 0.15) is 5.82 Å². The Morgan fingerprint density at radius 1 is 1.11 bits per heavy atom. The lowest BCUT2D eigenvalue weighted by atomic mass is 10.1.